The molecule has 0 saturated heterocycles. The summed E-state index contributed by atoms with van der Waals surface area (Å²) in [5.41, 5.74) is 6.05. The van der Waals surface area contributed by atoms with E-state index in [0.29, 0.717) is 5.56 Å². The van der Waals surface area contributed by atoms with E-state index in [4.69, 9.17) is 5.26 Å². The largest absolute Gasteiger partial charge is 0.374 e. The number of rotatable bonds is 5. The summed E-state index contributed by atoms with van der Waals surface area (Å²) < 4.78 is 0. The smallest absolute Gasteiger partial charge is 0.0991 e. The monoisotopic (exact) mass is 377 g/mol. The zero-order valence-corrected chi connectivity index (χ0v) is 16.4. The second-order valence-corrected chi connectivity index (χ2v) is 7.27. The van der Waals surface area contributed by atoms with Crippen molar-refractivity contribution >= 4 is 23.4 Å². The van der Waals surface area contributed by atoms with Crippen molar-refractivity contribution in [3.63, 3.8) is 0 Å². The van der Waals surface area contributed by atoms with E-state index in [0.717, 1.165) is 34.2 Å². The number of anilines is 1. The van der Waals surface area contributed by atoms with Crippen LogP contribution in [0.15, 0.2) is 73.5 Å². The Morgan fingerprint density at radius 2 is 2.03 bits per heavy atom. The van der Waals surface area contributed by atoms with Gasteiger partial charge in [-0.25, -0.2) is 0 Å². The van der Waals surface area contributed by atoms with Gasteiger partial charge in [0.1, 0.15) is 0 Å². The second kappa shape index (κ2) is 8.08. The summed E-state index contributed by atoms with van der Waals surface area (Å²) in [7, 11) is 0. The molecule has 1 heterocycles. The molecule has 3 nitrogen and oxygen atoms in total. The van der Waals surface area contributed by atoms with Gasteiger partial charge in [0.25, 0.3) is 0 Å². The normalized spacial score (nSPS) is 13.2. The van der Waals surface area contributed by atoms with Crippen molar-refractivity contribution < 1.29 is 0 Å². The fourth-order valence-corrected chi connectivity index (χ4v) is 3.68. The molecule has 1 aliphatic carbocycles. The van der Waals surface area contributed by atoms with E-state index < -0.39 is 0 Å². The number of nitrogens with one attached hydrogen (secondary N) is 2. The predicted molar refractivity (Wildman–Crippen MR) is 120 cm³/mol. The molecule has 1 aromatic heterocycles. The van der Waals surface area contributed by atoms with Gasteiger partial charge in [0.05, 0.1) is 17.7 Å². The van der Waals surface area contributed by atoms with Gasteiger partial charge in [0.2, 0.25) is 0 Å². The van der Waals surface area contributed by atoms with Crippen molar-refractivity contribution in [2.24, 2.45) is 0 Å². The Morgan fingerprint density at radius 3 is 2.79 bits per heavy atom. The Balaban J connectivity index is 1.78. The summed E-state index contributed by atoms with van der Waals surface area (Å²) in [4.78, 5) is 3.37. The second-order valence-electron chi connectivity index (χ2n) is 7.27. The highest BCUT2D eigenvalue weighted by Crippen LogP contribution is 2.31. The quantitative estimate of drug-likeness (QED) is 0.684. The molecule has 0 aliphatic heterocycles. The highest BCUT2D eigenvalue weighted by atomic mass is 14.9. The number of nitrogens with zero attached hydrogens (tertiary/aromatic N) is 1. The van der Waals surface area contributed by atoms with Crippen molar-refractivity contribution in [1.29, 1.82) is 5.26 Å². The van der Waals surface area contributed by atoms with Crippen molar-refractivity contribution in [2.45, 2.75) is 19.4 Å². The molecule has 1 aliphatic rings. The molecular weight excluding hydrogens is 354 g/mol. The number of fused-ring (bicyclic) bond motifs is 1. The average molecular weight is 377 g/mol. The molecule has 2 aromatic carbocycles. The molecule has 0 radical (unpaired) electrons. The highest BCUT2D eigenvalue weighted by Gasteiger charge is 2.19. The topological polar surface area (TPSA) is 51.6 Å². The molecule has 4 rings (SSSR count). The molecular formula is C26H23N3. The van der Waals surface area contributed by atoms with Crippen LogP contribution in [-0.2, 0) is 0 Å². The Bertz CT molecular complexity index is 1230. The highest BCUT2D eigenvalue weighted by molar-refractivity contribution is 5.74. The Labute approximate surface area is 171 Å². The van der Waals surface area contributed by atoms with E-state index in [9.17, 15) is 0 Å². The molecule has 0 saturated carbocycles. The van der Waals surface area contributed by atoms with Crippen LogP contribution in [0.1, 0.15) is 34.7 Å². The van der Waals surface area contributed by atoms with Crippen LogP contribution >= 0.6 is 0 Å². The molecule has 142 valence electrons. The first-order valence-electron chi connectivity index (χ1n) is 9.72. The first kappa shape index (κ1) is 18.6. The first-order chi connectivity index (χ1) is 14.2. The maximum atomic E-state index is 9.15. The van der Waals surface area contributed by atoms with E-state index >= 15 is 0 Å². The lowest BCUT2D eigenvalue weighted by molar-refractivity contribution is 1.00. The lowest BCUT2D eigenvalue weighted by Gasteiger charge is -2.23. The number of allylic oxidation sites excluding steroid dienone is 2. The minimum absolute atomic E-state index is 0.117. The van der Waals surface area contributed by atoms with Gasteiger partial charge in [0.15, 0.2) is 0 Å². The SMILES string of the molecule is C=C(c1c[nH]c2c1=CCC=CC=2)C(Nc1cccc(C)c1)c1ccc(C#N)cc1. The third kappa shape index (κ3) is 3.93. The van der Waals surface area contributed by atoms with Crippen molar-refractivity contribution in [3.8, 4) is 6.07 Å². The zero-order valence-electron chi connectivity index (χ0n) is 16.4. The molecule has 3 aromatic rings. The van der Waals surface area contributed by atoms with Gasteiger partial charge in [-0.1, -0.05) is 49.1 Å². The van der Waals surface area contributed by atoms with Crippen LogP contribution < -0.4 is 15.9 Å². The zero-order chi connectivity index (χ0) is 20.2. The van der Waals surface area contributed by atoms with Crippen molar-refractivity contribution in [1.82, 2.24) is 4.98 Å². The van der Waals surface area contributed by atoms with Crippen LogP contribution in [0.2, 0.25) is 0 Å². The standard InChI is InChI=1S/C26H23N3/c1-18-7-6-8-22(15-18)29-26(21-13-11-20(16-27)12-14-21)19(2)24-17-28-25-10-5-3-4-9-23(24)25/h3,5-15,17,26,28-29H,2,4H2,1H3. The minimum atomic E-state index is -0.117. The lowest BCUT2D eigenvalue weighted by Crippen LogP contribution is -2.25. The summed E-state index contributed by atoms with van der Waals surface area (Å²) in [6.07, 6.45) is 11.5. The Morgan fingerprint density at radius 1 is 1.21 bits per heavy atom. The summed E-state index contributed by atoms with van der Waals surface area (Å²) in [5.74, 6) is 0. The number of aromatic nitrogens is 1. The van der Waals surface area contributed by atoms with Gasteiger partial charge in [-0.15, -0.1) is 0 Å². The molecule has 29 heavy (non-hydrogen) atoms. The van der Waals surface area contributed by atoms with Crippen LogP contribution in [0.25, 0.3) is 17.7 Å². The van der Waals surface area contributed by atoms with Crippen LogP contribution in [0.4, 0.5) is 5.69 Å². The summed E-state index contributed by atoms with van der Waals surface area (Å²) in [6.45, 7) is 6.56. The molecule has 2 N–H and O–H groups in total. The Hall–Kier alpha value is -3.77. The van der Waals surface area contributed by atoms with E-state index in [2.05, 4.69) is 72.4 Å². The molecule has 1 unspecified atom stereocenters. The number of aromatic amines is 1. The fraction of sp³-hybridized carbons (Fsp3) is 0.115. The van der Waals surface area contributed by atoms with Crippen LogP contribution in [-0.4, -0.2) is 4.98 Å². The number of nitriles is 1. The molecule has 0 fully saturated rings. The molecule has 0 amide bonds. The number of hydrogen-bond donors (Lipinski definition) is 2. The number of H-pyrrole nitrogens is 1. The average Bonchev–Trinajstić information content (AvgIpc) is 3.00. The summed E-state index contributed by atoms with van der Waals surface area (Å²) in [5, 5.41) is 15.1. The van der Waals surface area contributed by atoms with E-state index in [1.54, 1.807) is 0 Å². The molecule has 3 heteroatoms. The fourth-order valence-electron chi connectivity index (χ4n) is 3.68. The molecule has 0 bridgehead atoms. The van der Waals surface area contributed by atoms with Gasteiger partial charge in [-0.05, 0) is 60.4 Å². The lowest BCUT2D eigenvalue weighted by atomic mass is 9.93. The van der Waals surface area contributed by atoms with Crippen molar-refractivity contribution in [2.75, 3.05) is 5.32 Å². The maximum Gasteiger partial charge on any atom is 0.0991 e. The third-order valence-corrected chi connectivity index (χ3v) is 5.21. The maximum absolute atomic E-state index is 9.15. The number of aryl methyl sites for hydroxylation is 1. The first-order valence-corrected chi connectivity index (χ1v) is 9.72. The number of hydrogen-bond acceptors (Lipinski definition) is 2. The number of benzene rings is 2. The van der Waals surface area contributed by atoms with Gasteiger partial charge < -0.3 is 10.3 Å². The van der Waals surface area contributed by atoms with Crippen molar-refractivity contribution in [3.05, 3.63) is 106 Å². The Kier molecular flexibility index (Phi) is 5.18. The van der Waals surface area contributed by atoms with E-state index in [-0.39, 0.29) is 6.04 Å². The van der Waals surface area contributed by atoms with Crippen LogP contribution in [0, 0.1) is 18.3 Å². The van der Waals surface area contributed by atoms with Gasteiger partial charge >= 0.3 is 0 Å². The third-order valence-electron chi connectivity index (χ3n) is 5.21. The van der Waals surface area contributed by atoms with Gasteiger partial charge in [-0.3, -0.25) is 0 Å². The molecule has 1 atom stereocenters. The molecule has 0 spiro atoms. The van der Waals surface area contributed by atoms with Gasteiger partial charge in [0, 0.05) is 28.0 Å². The van der Waals surface area contributed by atoms with E-state index in [1.807, 2.05) is 36.5 Å². The van der Waals surface area contributed by atoms with Crippen LogP contribution in [0.5, 0.6) is 0 Å². The van der Waals surface area contributed by atoms with Crippen LogP contribution in [0.3, 0.4) is 0 Å². The minimum Gasteiger partial charge on any atom is -0.374 e. The predicted octanol–water partition coefficient (Wildman–Crippen LogP) is 4.58. The summed E-state index contributed by atoms with van der Waals surface area (Å²) >= 11 is 0. The van der Waals surface area contributed by atoms with Gasteiger partial charge in [-0.2, -0.15) is 5.26 Å². The van der Waals surface area contributed by atoms with E-state index in [1.165, 1.54) is 10.8 Å². The summed E-state index contributed by atoms with van der Waals surface area (Å²) in [6, 6.07) is 18.1.